The van der Waals surface area contributed by atoms with E-state index >= 15 is 0 Å². The van der Waals surface area contributed by atoms with Crippen LogP contribution in [0.5, 0.6) is 0 Å². The second kappa shape index (κ2) is 9.05. The summed E-state index contributed by atoms with van der Waals surface area (Å²) in [5.41, 5.74) is 1.32. The molecule has 17 heavy (non-hydrogen) atoms. The van der Waals surface area contributed by atoms with Crippen LogP contribution in [0.25, 0.3) is 0 Å². The lowest BCUT2D eigenvalue weighted by Crippen LogP contribution is -1.96. The minimum absolute atomic E-state index is 0.429. The largest absolute Gasteiger partial charge is 0.300 e. The maximum atomic E-state index is 11.4. The number of allylic oxidation sites excluding steroid dienone is 2. The van der Waals surface area contributed by atoms with Crippen molar-refractivity contribution in [3.63, 3.8) is 0 Å². The number of hydrogen-bond acceptors (Lipinski definition) is 1. The molecule has 1 aliphatic carbocycles. The Morgan fingerprint density at radius 1 is 1.29 bits per heavy atom. The van der Waals surface area contributed by atoms with Crippen LogP contribution in [0.15, 0.2) is 11.6 Å². The Hall–Kier alpha value is -1.03. The first-order valence-corrected chi connectivity index (χ1v) is 7.02. The molecule has 0 aromatic rings. The molecule has 0 atom stereocenters. The first-order valence-electron chi connectivity index (χ1n) is 7.02. The molecule has 94 valence electrons. The normalized spacial score (nSPS) is 14.1. The summed E-state index contributed by atoms with van der Waals surface area (Å²) < 4.78 is 0. The molecule has 1 heteroatoms. The van der Waals surface area contributed by atoms with E-state index in [1.54, 1.807) is 0 Å². The fourth-order valence-corrected chi connectivity index (χ4v) is 1.99. The molecule has 0 fully saturated rings. The number of carbonyl (C=O) groups excluding carboxylic acids is 1. The van der Waals surface area contributed by atoms with Crippen LogP contribution in [-0.2, 0) is 4.79 Å². The van der Waals surface area contributed by atoms with Gasteiger partial charge < -0.3 is 0 Å². The third-order valence-corrected chi connectivity index (χ3v) is 3.11. The average Bonchev–Trinajstić information content (AvgIpc) is 2.84. The zero-order chi connectivity index (χ0) is 12.3. The molecule has 1 rings (SSSR count). The SMILES string of the molecule is CCCCC(=O)CCCCC#CC1=CCCC1. The van der Waals surface area contributed by atoms with Crippen LogP contribution in [0.2, 0.25) is 0 Å². The Labute approximate surface area is 106 Å². The molecule has 0 radical (unpaired) electrons. The number of hydrogen-bond donors (Lipinski definition) is 0. The van der Waals surface area contributed by atoms with Crippen molar-refractivity contribution in [2.75, 3.05) is 0 Å². The molecule has 0 spiro atoms. The van der Waals surface area contributed by atoms with Crippen molar-refractivity contribution < 1.29 is 4.79 Å². The molecule has 0 aliphatic heterocycles. The minimum Gasteiger partial charge on any atom is -0.300 e. The zero-order valence-corrected chi connectivity index (χ0v) is 11.1. The fraction of sp³-hybridized carbons (Fsp3) is 0.688. The maximum absolute atomic E-state index is 11.4. The van der Waals surface area contributed by atoms with Gasteiger partial charge in [0.25, 0.3) is 0 Å². The van der Waals surface area contributed by atoms with Crippen LogP contribution in [0.3, 0.4) is 0 Å². The van der Waals surface area contributed by atoms with Crippen molar-refractivity contribution in [3.05, 3.63) is 11.6 Å². The molecule has 0 N–H and O–H groups in total. The molecule has 0 saturated carbocycles. The van der Waals surface area contributed by atoms with E-state index in [2.05, 4.69) is 24.8 Å². The summed E-state index contributed by atoms with van der Waals surface area (Å²) >= 11 is 0. The summed E-state index contributed by atoms with van der Waals surface area (Å²) in [6.07, 6.45) is 12.6. The van der Waals surface area contributed by atoms with Gasteiger partial charge in [-0.15, -0.1) is 0 Å². The lowest BCUT2D eigenvalue weighted by atomic mass is 10.1. The van der Waals surface area contributed by atoms with E-state index in [0.29, 0.717) is 5.78 Å². The third-order valence-electron chi connectivity index (χ3n) is 3.11. The number of rotatable bonds is 7. The van der Waals surface area contributed by atoms with Gasteiger partial charge in [0.05, 0.1) is 0 Å². The molecule has 0 unspecified atom stereocenters. The van der Waals surface area contributed by atoms with Crippen LogP contribution < -0.4 is 0 Å². The predicted octanol–water partition coefficient (Wildman–Crippen LogP) is 4.42. The lowest BCUT2D eigenvalue weighted by Gasteiger charge is -1.97. The van der Waals surface area contributed by atoms with Crippen LogP contribution in [0, 0.1) is 11.8 Å². The molecule has 0 bridgehead atoms. The quantitative estimate of drug-likeness (QED) is 0.469. The monoisotopic (exact) mass is 232 g/mol. The molecular weight excluding hydrogens is 208 g/mol. The molecular formula is C16H24O. The van der Waals surface area contributed by atoms with Gasteiger partial charge in [-0.1, -0.05) is 31.3 Å². The first kappa shape index (κ1) is 14.0. The Morgan fingerprint density at radius 3 is 2.82 bits per heavy atom. The van der Waals surface area contributed by atoms with Crippen LogP contribution >= 0.6 is 0 Å². The molecule has 0 aromatic heterocycles. The number of ketones is 1. The van der Waals surface area contributed by atoms with Gasteiger partial charge >= 0.3 is 0 Å². The van der Waals surface area contributed by atoms with Crippen molar-refractivity contribution in [3.8, 4) is 11.8 Å². The topological polar surface area (TPSA) is 17.1 Å². The first-order chi connectivity index (χ1) is 8.33. The Morgan fingerprint density at radius 2 is 2.12 bits per heavy atom. The minimum atomic E-state index is 0.429. The van der Waals surface area contributed by atoms with Gasteiger partial charge in [0.2, 0.25) is 0 Å². The third kappa shape index (κ3) is 7.00. The molecule has 0 saturated heterocycles. The van der Waals surface area contributed by atoms with E-state index < -0.39 is 0 Å². The average molecular weight is 232 g/mol. The summed E-state index contributed by atoms with van der Waals surface area (Å²) in [6, 6.07) is 0. The van der Waals surface area contributed by atoms with Crippen LogP contribution in [0.1, 0.15) is 71.1 Å². The highest BCUT2D eigenvalue weighted by molar-refractivity contribution is 5.78. The van der Waals surface area contributed by atoms with E-state index in [9.17, 15) is 4.79 Å². The molecule has 0 amide bonds. The summed E-state index contributed by atoms with van der Waals surface area (Å²) in [6.45, 7) is 2.13. The fourth-order valence-electron chi connectivity index (χ4n) is 1.99. The number of carbonyl (C=O) groups is 1. The maximum Gasteiger partial charge on any atom is 0.132 e. The molecule has 0 heterocycles. The van der Waals surface area contributed by atoms with Crippen LogP contribution in [0.4, 0.5) is 0 Å². The van der Waals surface area contributed by atoms with E-state index in [1.165, 1.54) is 24.8 Å². The molecule has 1 aliphatic rings. The zero-order valence-electron chi connectivity index (χ0n) is 11.1. The highest BCUT2D eigenvalue weighted by atomic mass is 16.1. The van der Waals surface area contributed by atoms with E-state index in [4.69, 9.17) is 0 Å². The van der Waals surface area contributed by atoms with Crippen molar-refractivity contribution in [2.24, 2.45) is 0 Å². The van der Waals surface area contributed by atoms with Gasteiger partial charge in [-0.2, -0.15) is 0 Å². The number of unbranched alkanes of at least 4 members (excludes halogenated alkanes) is 3. The van der Waals surface area contributed by atoms with Gasteiger partial charge in [0, 0.05) is 19.3 Å². The Balaban J connectivity index is 1.98. The van der Waals surface area contributed by atoms with E-state index in [0.717, 1.165) is 44.9 Å². The number of Topliss-reactive ketones (excluding diaryl/α,β-unsaturated/α-hetero) is 1. The predicted molar refractivity (Wildman–Crippen MR) is 72.7 cm³/mol. The van der Waals surface area contributed by atoms with Crippen molar-refractivity contribution in [1.29, 1.82) is 0 Å². The Bertz CT molecular complexity index is 314. The lowest BCUT2D eigenvalue weighted by molar-refractivity contribution is -0.119. The van der Waals surface area contributed by atoms with Crippen molar-refractivity contribution in [2.45, 2.75) is 71.1 Å². The highest BCUT2D eigenvalue weighted by Crippen LogP contribution is 2.16. The Kier molecular flexibility index (Phi) is 7.47. The summed E-state index contributed by atoms with van der Waals surface area (Å²) in [7, 11) is 0. The second-order valence-corrected chi connectivity index (χ2v) is 4.77. The smallest absolute Gasteiger partial charge is 0.132 e. The molecule has 0 aromatic carbocycles. The summed E-state index contributed by atoms with van der Waals surface area (Å²) in [5, 5.41) is 0. The van der Waals surface area contributed by atoms with Crippen molar-refractivity contribution in [1.82, 2.24) is 0 Å². The van der Waals surface area contributed by atoms with Gasteiger partial charge in [-0.3, -0.25) is 4.79 Å². The van der Waals surface area contributed by atoms with E-state index in [-0.39, 0.29) is 0 Å². The van der Waals surface area contributed by atoms with Gasteiger partial charge in [0.1, 0.15) is 5.78 Å². The standard InChI is InChI=1S/C16H24O/c1-2-3-13-16(17)14-7-5-4-6-10-15-11-8-9-12-15/h11H,2-5,7-9,12-14H2,1H3. The highest BCUT2D eigenvalue weighted by Gasteiger charge is 2.01. The van der Waals surface area contributed by atoms with Gasteiger partial charge in [-0.25, -0.2) is 0 Å². The molecule has 1 nitrogen and oxygen atoms in total. The van der Waals surface area contributed by atoms with E-state index in [1.807, 2.05) is 0 Å². The van der Waals surface area contributed by atoms with Crippen molar-refractivity contribution >= 4 is 5.78 Å². The van der Waals surface area contributed by atoms with Gasteiger partial charge in [-0.05, 0) is 44.1 Å². The van der Waals surface area contributed by atoms with Crippen LogP contribution in [-0.4, -0.2) is 5.78 Å². The summed E-state index contributed by atoms with van der Waals surface area (Å²) in [4.78, 5) is 11.4. The van der Waals surface area contributed by atoms with Gasteiger partial charge in [0.15, 0.2) is 0 Å². The summed E-state index contributed by atoms with van der Waals surface area (Å²) in [5.74, 6) is 6.87. The second-order valence-electron chi connectivity index (χ2n) is 4.77.